The van der Waals surface area contributed by atoms with Crippen LogP contribution in [-0.4, -0.2) is 51.9 Å². The molecular formula is C18H27N3O3. The van der Waals surface area contributed by atoms with E-state index in [-0.39, 0.29) is 0 Å². The Morgan fingerprint density at radius 2 is 2.42 bits per heavy atom. The summed E-state index contributed by atoms with van der Waals surface area (Å²) in [5.41, 5.74) is 0. The number of furan rings is 1. The number of piperidine rings is 1. The van der Waals surface area contributed by atoms with Gasteiger partial charge in [-0.2, -0.15) is 0 Å². The van der Waals surface area contributed by atoms with Gasteiger partial charge in [0.05, 0.1) is 19.0 Å². The normalized spacial score (nSPS) is 20.3. The number of likely N-dealkylation sites (tertiary alicyclic amines) is 1. The highest BCUT2D eigenvalue weighted by Crippen LogP contribution is 2.20. The summed E-state index contributed by atoms with van der Waals surface area (Å²) in [4.78, 5) is 6.77. The Kier molecular flexibility index (Phi) is 6.07. The highest BCUT2D eigenvalue weighted by molar-refractivity contribution is 4.96. The Bertz CT molecular complexity index is 596. The predicted molar refractivity (Wildman–Crippen MR) is 90.4 cm³/mol. The molecule has 3 heterocycles. The minimum atomic E-state index is -0.466. The molecule has 2 unspecified atom stereocenters. The second-order valence-electron chi connectivity index (χ2n) is 6.67. The van der Waals surface area contributed by atoms with E-state index in [9.17, 15) is 5.11 Å². The number of hydrogen-bond acceptors (Lipinski definition) is 5. The Morgan fingerprint density at radius 1 is 1.50 bits per heavy atom. The minimum absolute atomic E-state index is 0.335. The maximum atomic E-state index is 10.2. The molecule has 0 amide bonds. The second-order valence-corrected chi connectivity index (χ2v) is 6.67. The molecule has 1 saturated heterocycles. The van der Waals surface area contributed by atoms with Gasteiger partial charge in [-0.15, -0.1) is 0 Å². The number of aliphatic hydroxyl groups is 1. The fourth-order valence-electron chi connectivity index (χ4n) is 3.38. The number of hydrogen-bond donors (Lipinski definition) is 1. The first-order valence-electron chi connectivity index (χ1n) is 8.67. The van der Waals surface area contributed by atoms with Crippen molar-refractivity contribution >= 4 is 0 Å². The molecule has 2 atom stereocenters. The van der Waals surface area contributed by atoms with Crippen LogP contribution < -0.4 is 0 Å². The van der Waals surface area contributed by atoms with Crippen LogP contribution in [0.1, 0.15) is 24.4 Å². The van der Waals surface area contributed by atoms with Gasteiger partial charge in [-0.3, -0.25) is 0 Å². The maximum Gasteiger partial charge on any atom is 0.129 e. The number of rotatable bonds is 8. The van der Waals surface area contributed by atoms with Crippen LogP contribution in [0.5, 0.6) is 0 Å². The zero-order chi connectivity index (χ0) is 16.8. The summed E-state index contributed by atoms with van der Waals surface area (Å²) < 4.78 is 12.8. The molecular weight excluding hydrogens is 306 g/mol. The topological polar surface area (TPSA) is 63.7 Å². The molecule has 0 radical (unpaired) electrons. The number of aryl methyl sites for hydroxylation is 1. The molecule has 24 heavy (non-hydrogen) atoms. The van der Waals surface area contributed by atoms with Gasteiger partial charge in [0.2, 0.25) is 0 Å². The minimum Gasteiger partial charge on any atom is -0.467 e. The summed E-state index contributed by atoms with van der Waals surface area (Å²) in [5.74, 6) is 2.54. The van der Waals surface area contributed by atoms with Gasteiger partial charge in [0.1, 0.15) is 18.2 Å². The van der Waals surface area contributed by atoms with Crippen molar-refractivity contribution < 1.29 is 14.3 Å². The van der Waals surface area contributed by atoms with Gasteiger partial charge in [-0.1, -0.05) is 0 Å². The number of aliphatic hydroxyl groups excluding tert-OH is 1. The standard InChI is InChI=1S/C18H27N3O3/c1-20-8-6-19-18(20)10-15-4-2-7-21(11-15)12-16(22)13-23-14-17-5-3-9-24-17/h3,5-6,8-9,15-16,22H,2,4,7,10-14H2,1H3. The monoisotopic (exact) mass is 333 g/mol. The van der Waals surface area contributed by atoms with Crippen LogP contribution in [0.25, 0.3) is 0 Å². The van der Waals surface area contributed by atoms with Crippen molar-refractivity contribution in [2.45, 2.75) is 32.0 Å². The molecule has 2 aromatic heterocycles. The quantitative estimate of drug-likeness (QED) is 0.799. The molecule has 0 aromatic carbocycles. The third kappa shape index (κ3) is 4.93. The Balaban J connectivity index is 1.39. The first-order valence-corrected chi connectivity index (χ1v) is 8.67. The third-order valence-corrected chi connectivity index (χ3v) is 4.60. The van der Waals surface area contributed by atoms with Gasteiger partial charge in [0.15, 0.2) is 0 Å². The van der Waals surface area contributed by atoms with Gasteiger partial charge in [0.25, 0.3) is 0 Å². The van der Waals surface area contributed by atoms with Crippen molar-refractivity contribution in [1.29, 1.82) is 0 Å². The van der Waals surface area contributed by atoms with E-state index in [4.69, 9.17) is 9.15 Å². The SMILES string of the molecule is Cn1ccnc1CC1CCCN(CC(O)COCc2ccco2)C1. The van der Waals surface area contributed by atoms with Crippen LogP contribution >= 0.6 is 0 Å². The van der Waals surface area contributed by atoms with Gasteiger partial charge in [-0.05, 0) is 37.4 Å². The molecule has 6 heteroatoms. The van der Waals surface area contributed by atoms with E-state index in [1.165, 1.54) is 12.8 Å². The number of imidazole rings is 1. The molecule has 0 aliphatic carbocycles. The number of ether oxygens (including phenoxy) is 1. The van der Waals surface area contributed by atoms with E-state index in [0.29, 0.717) is 25.7 Å². The summed E-state index contributed by atoms with van der Waals surface area (Å²) in [6.45, 7) is 3.47. The molecule has 0 spiro atoms. The van der Waals surface area contributed by atoms with Crippen molar-refractivity contribution in [3.63, 3.8) is 0 Å². The largest absolute Gasteiger partial charge is 0.467 e. The zero-order valence-electron chi connectivity index (χ0n) is 14.3. The number of nitrogens with zero attached hydrogens (tertiary/aromatic N) is 3. The average Bonchev–Trinajstić information content (AvgIpc) is 3.20. The Labute approximate surface area is 143 Å². The molecule has 6 nitrogen and oxygen atoms in total. The molecule has 0 bridgehead atoms. The van der Waals surface area contributed by atoms with Gasteiger partial charge in [0, 0.05) is 39.0 Å². The lowest BCUT2D eigenvalue weighted by Crippen LogP contribution is -2.42. The molecule has 2 aromatic rings. The molecule has 0 saturated carbocycles. The lowest BCUT2D eigenvalue weighted by molar-refractivity contribution is -0.00125. The predicted octanol–water partition coefficient (Wildman–Crippen LogP) is 1.85. The maximum absolute atomic E-state index is 10.2. The average molecular weight is 333 g/mol. The van der Waals surface area contributed by atoms with Gasteiger partial charge in [-0.25, -0.2) is 4.98 Å². The lowest BCUT2D eigenvalue weighted by atomic mass is 9.94. The van der Waals surface area contributed by atoms with E-state index in [2.05, 4.69) is 14.5 Å². The summed E-state index contributed by atoms with van der Waals surface area (Å²) >= 11 is 0. The first-order chi connectivity index (χ1) is 11.7. The van der Waals surface area contributed by atoms with Crippen LogP contribution in [0.15, 0.2) is 35.2 Å². The third-order valence-electron chi connectivity index (χ3n) is 4.60. The van der Waals surface area contributed by atoms with Gasteiger partial charge < -0.3 is 23.7 Å². The molecule has 3 rings (SSSR count). The lowest BCUT2D eigenvalue weighted by Gasteiger charge is -2.33. The highest BCUT2D eigenvalue weighted by atomic mass is 16.5. The Morgan fingerprint density at radius 3 is 3.17 bits per heavy atom. The zero-order valence-corrected chi connectivity index (χ0v) is 14.3. The second kappa shape index (κ2) is 8.46. The summed E-state index contributed by atoms with van der Waals surface area (Å²) in [6.07, 6.45) is 8.43. The van der Waals surface area contributed by atoms with Crippen LogP contribution in [-0.2, 0) is 24.8 Å². The molecule has 1 N–H and O–H groups in total. The molecule has 132 valence electrons. The van der Waals surface area contributed by atoms with Crippen LogP contribution in [0, 0.1) is 5.92 Å². The van der Waals surface area contributed by atoms with Crippen molar-refractivity contribution in [1.82, 2.24) is 14.5 Å². The van der Waals surface area contributed by atoms with Crippen LogP contribution in [0.3, 0.4) is 0 Å². The molecule has 1 aliphatic rings. The van der Waals surface area contributed by atoms with E-state index < -0.39 is 6.10 Å². The highest BCUT2D eigenvalue weighted by Gasteiger charge is 2.23. The van der Waals surface area contributed by atoms with Crippen LogP contribution in [0.4, 0.5) is 0 Å². The molecule has 1 fully saturated rings. The van der Waals surface area contributed by atoms with Crippen molar-refractivity contribution in [3.8, 4) is 0 Å². The van der Waals surface area contributed by atoms with E-state index >= 15 is 0 Å². The number of aromatic nitrogens is 2. The summed E-state index contributed by atoms with van der Waals surface area (Å²) in [5, 5.41) is 10.2. The van der Waals surface area contributed by atoms with Crippen molar-refractivity contribution in [2.75, 3.05) is 26.2 Å². The fraction of sp³-hybridized carbons (Fsp3) is 0.611. The summed E-state index contributed by atoms with van der Waals surface area (Å²) in [6, 6.07) is 3.71. The molecule has 1 aliphatic heterocycles. The van der Waals surface area contributed by atoms with E-state index in [1.807, 2.05) is 31.6 Å². The first kappa shape index (κ1) is 17.2. The van der Waals surface area contributed by atoms with E-state index in [0.717, 1.165) is 31.1 Å². The fourth-order valence-corrected chi connectivity index (χ4v) is 3.38. The Hall–Kier alpha value is -1.63. The van der Waals surface area contributed by atoms with Crippen LogP contribution in [0.2, 0.25) is 0 Å². The summed E-state index contributed by atoms with van der Waals surface area (Å²) in [7, 11) is 2.04. The smallest absolute Gasteiger partial charge is 0.129 e. The van der Waals surface area contributed by atoms with E-state index in [1.54, 1.807) is 6.26 Å². The van der Waals surface area contributed by atoms with Crippen molar-refractivity contribution in [3.05, 3.63) is 42.4 Å². The number of β-amino-alcohol motifs (C(OH)–C–C–N with tert-alkyl or cyclic N) is 1. The van der Waals surface area contributed by atoms with Crippen molar-refractivity contribution in [2.24, 2.45) is 13.0 Å². The van der Waals surface area contributed by atoms with Gasteiger partial charge >= 0.3 is 0 Å².